The largest absolute Gasteiger partial charge is 0.421 e. The molecule has 0 radical (unpaired) electrons. The molecule has 1 heterocycles. The molecule has 1 aliphatic rings. The summed E-state index contributed by atoms with van der Waals surface area (Å²) in [7, 11) is -1.58. The quantitative estimate of drug-likeness (QED) is 0.571. The Kier molecular flexibility index (Phi) is 6.14. The van der Waals surface area contributed by atoms with Crippen molar-refractivity contribution in [2.75, 3.05) is 24.7 Å². The van der Waals surface area contributed by atoms with Gasteiger partial charge in [-0.1, -0.05) is 6.42 Å². The number of anilines is 1. The fourth-order valence-electron chi connectivity index (χ4n) is 2.17. The highest BCUT2D eigenvalue weighted by molar-refractivity contribution is 7.84. The summed E-state index contributed by atoms with van der Waals surface area (Å²) in [6.45, 7) is 0.572. The third-order valence-electron chi connectivity index (χ3n) is 3.75. The lowest BCUT2D eigenvalue weighted by Crippen LogP contribution is -2.35. The van der Waals surface area contributed by atoms with Gasteiger partial charge in [0.25, 0.3) is 0 Å². The molecule has 24 heavy (non-hydrogen) atoms. The number of carbonyl (C=O) groups excluding carboxylic acids is 1. The number of nitrogens with zero attached hydrogens (tertiary/aromatic N) is 2. The molecule has 1 fully saturated rings. The third kappa shape index (κ3) is 4.89. The Morgan fingerprint density at radius 2 is 2.08 bits per heavy atom. The average molecular weight is 364 g/mol. The zero-order chi connectivity index (χ0) is 17.7. The summed E-state index contributed by atoms with van der Waals surface area (Å²) in [6, 6.07) is 0. The van der Waals surface area contributed by atoms with Crippen LogP contribution in [0, 0.1) is 5.92 Å². The first-order valence-corrected chi connectivity index (χ1v) is 9.14. The van der Waals surface area contributed by atoms with Gasteiger partial charge in [-0.05, 0) is 19.3 Å². The summed E-state index contributed by atoms with van der Waals surface area (Å²) < 4.78 is 50.2. The molecule has 2 N–H and O–H groups in total. The van der Waals surface area contributed by atoms with E-state index in [0.29, 0.717) is 19.2 Å². The van der Waals surface area contributed by atoms with Crippen LogP contribution in [0.3, 0.4) is 0 Å². The molecule has 0 spiro atoms. The smallest absolute Gasteiger partial charge is 0.369 e. The van der Waals surface area contributed by atoms with Gasteiger partial charge in [-0.2, -0.15) is 13.2 Å². The maximum absolute atomic E-state index is 12.9. The van der Waals surface area contributed by atoms with Crippen molar-refractivity contribution < 1.29 is 22.2 Å². The number of nitrogens with one attached hydrogen (secondary N) is 2. The van der Waals surface area contributed by atoms with Crippen molar-refractivity contribution in [2.24, 2.45) is 5.92 Å². The molecule has 10 heteroatoms. The molecule has 0 saturated heterocycles. The standard InChI is InChI=1S/C14H19F3N4O2S/c1-24(23)13-20-8-10(14(15,16)17)11(21-13)18-6-3-7-19-12(22)9-4-2-5-9/h8-9H,2-7H2,1H3,(H,19,22)(H,18,20,21). The van der Waals surface area contributed by atoms with Crippen LogP contribution < -0.4 is 10.6 Å². The van der Waals surface area contributed by atoms with Crippen molar-refractivity contribution in [2.45, 2.75) is 37.0 Å². The van der Waals surface area contributed by atoms with E-state index in [1.165, 1.54) is 6.26 Å². The number of aromatic nitrogens is 2. The second kappa shape index (κ2) is 7.91. The summed E-state index contributed by atoms with van der Waals surface area (Å²) in [5, 5.41) is 5.19. The van der Waals surface area contributed by atoms with E-state index in [0.717, 1.165) is 19.3 Å². The molecule has 1 atom stereocenters. The SMILES string of the molecule is CS(=O)c1ncc(C(F)(F)F)c(NCCCNC(=O)C2CCC2)n1. The first-order valence-electron chi connectivity index (χ1n) is 7.58. The molecule has 0 aromatic carbocycles. The van der Waals surface area contributed by atoms with Crippen LogP contribution in [-0.4, -0.2) is 39.4 Å². The van der Waals surface area contributed by atoms with E-state index < -0.39 is 28.4 Å². The Labute approximate surface area is 140 Å². The van der Waals surface area contributed by atoms with E-state index in [-0.39, 0.29) is 23.5 Å². The van der Waals surface area contributed by atoms with Gasteiger partial charge in [0.1, 0.15) is 11.4 Å². The topological polar surface area (TPSA) is 84.0 Å². The predicted octanol–water partition coefficient (Wildman–Crippen LogP) is 1.95. The Hall–Kier alpha value is -1.71. The predicted molar refractivity (Wildman–Crippen MR) is 82.8 cm³/mol. The molecule has 1 saturated carbocycles. The highest BCUT2D eigenvalue weighted by Gasteiger charge is 2.35. The van der Waals surface area contributed by atoms with Gasteiger partial charge in [0.15, 0.2) is 0 Å². The van der Waals surface area contributed by atoms with Crippen LogP contribution in [0.25, 0.3) is 0 Å². The van der Waals surface area contributed by atoms with Gasteiger partial charge in [-0.15, -0.1) is 0 Å². The summed E-state index contributed by atoms with van der Waals surface area (Å²) in [6.07, 6.45) is 0.633. The van der Waals surface area contributed by atoms with E-state index in [4.69, 9.17) is 0 Å². The number of rotatable bonds is 7. The minimum Gasteiger partial charge on any atom is -0.369 e. The molecule has 1 amide bonds. The van der Waals surface area contributed by atoms with Crippen LogP contribution in [0.15, 0.2) is 11.4 Å². The number of halogens is 3. The summed E-state index contributed by atoms with van der Waals surface area (Å²) in [5.41, 5.74) is -1.00. The summed E-state index contributed by atoms with van der Waals surface area (Å²) >= 11 is 0. The lowest BCUT2D eigenvalue weighted by molar-refractivity contribution is -0.137. The van der Waals surface area contributed by atoms with Gasteiger partial charge in [-0.3, -0.25) is 9.00 Å². The van der Waals surface area contributed by atoms with Crippen molar-refractivity contribution in [1.29, 1.82) is 0 Å². The molecular weight excluding hydrogens is 345 g/mol. The number of alkyl halides is 3. The first kappa shape index (κ1) is 18.6. The van der Waals surface area contributed by atoms with Crippen LogP contribution in [0.1, 0.15) is 31.2 Å². The van der Waals surface area contributed by atoms with Gasteiger partial charge in [-0.25, -0.2) is 9.97 Å². The maximum Gasteiger partial charge on any atom is 0.421 e. The zero-order valence-electron chi connectivity index (χ0n) is 13.2. The number of carbonyl (C=O) groups is 1. The second-order valence-corrected chi connectivity index (χ2v) is 6.84. The highest BCUT2D eigenvalue weighted by atomic mass is 32.2. The molecule has 1 aromatic rings. The van der Waals surface area contributed by atoms with Crippen LogP contribution in [0.5, 0.6) is 0 Å². The third-order valence-corrected chi connectivity index (χ3v) is 4.46. The Bertz CT molecular complexity index is 621. The fraction of sp³-hybridized carbons (Fsp3) is 0.643. The molecule has 1 aromatic heterocycles. The maximum atomic E-state index is 12.9. The zero-order valence-corrected chi connectivity index (χ0v) is 14.0. The van der Waals surface area contributed by atoms with Gasteiger partial charge >= 0.3 is 6.18 Å². The molecule has 2 rings (SSSR count). The molecule has 0 bridgehead atoms. The van der Waals surface area contributed by atoms with Crippen LogP contribution >= 0.6 is 0 Å². The Balaban J connectivity index is 1.88. The van der Waals surface area contributed by atoms with Crippen molar-refractivity contribution >= 4 is 22.5 Å². The Morgan fingerprint density at radius 1 is 1.38 bits per heavy atom. The summed E-state index contributed by atoms with van der Waals surface area (Å²) in [5.74, 6) is -0.310. The van der Waals surface area contributed by atoms with E-state index in [1.807, 2.05) is 0 Å². The second-order valence-electron chi connectivity index (χ2n) is 5.57. The van der Waals surface area contributed by atoms with E-state index in [2.05, 4.69) is 20.6 Å². The minimum absolute atomic E-state index is 0.00272. The van der Waals surface area contributed by atoms with Crippen molar-refractivity contribution in [3.05, 3.63) is 11.8 Å². The normalized spacial score (nSPS) is 16.3. The van der Waals surface area contributed by atoms with Gasteiger partial charge in [0.2, 0.25) is 11.1 Å². The first-order chi connectivity index (χ1) is 11.3. The van der Waals surface area contributed by atoms with E-state index in [9.17, 15) is 22.2 Å². The van der Waals surface area contributed by atoms with Gasteiger partial charge < -0.3 is 10.6 Å². The molecule has 134 valence electrons. The van der Waals surface area contributed by atoms with Crippen molar-refractivity contribution in [3.8, 4) is 0 Å². The summed E-state index contributed by atoms with van der Waals surface area (Å²) in [4.78, 5) is 18.8. The van der Waals surface area contributed by atoms with Crippen LogP contribution in [0.4, 0.5) is 19.0 Å². The lowest BCUT2D eigenvalue weighted by Gasteiger charge is -2.24. The fourth-order valence-corrected chi connectivity index (χ4v) is 2.59. The lowest BCUT2D eigenvalue weighted by atomic mass is 9.85. The average Bonchev–Trinajstić information content (AvgIpc) is 2.43. The Morgan fingerprint density at radius 3 is 2.62 bits per heavy atom. The molecular formula is C14H19F3N4O2S. The molecule has 1 aliphatic carbocycles. The van der Waals surface area contributed by atoms with E-state index in [1.54, 1.807) is 0 Å². The number of amides is 1. The highest BCUT2D eigenvalue weighted by Crippen LogP contribution is 2.33. The van der Waals surface area contributed by atoms with Crippen molar-refractivity contribution in [3.63, 3.8) is 0 Å². The minimum atomic E-state index is -4.60. The van der Waals surface area contributed by atoms with Crippen LogP contribution in [-0.2, 0) is 21.8 Å². The monoisotopic (exact) mass is 364 g/mol. The molecule has 6 nitrogen and oxygen atoms in total. The number of hydrogen-bond acceptors (Lipinski definition) is 5. The molecule has 0 aliphatic heterocycles. The van der Waals surface area contributed by atoms with Crippen molar-refractivity contribution in [1.82, 2.24) is 15.3 Å². The number of hydrogen-bond donors (Lipinski definition) is 2. The van der Waals surface area contributed by atoms with Gasteiger partial charge in [0, 0.05) is 31.5 Å². The van der Waals surface area contributed by atoms with Crippen LogP contribution in [0.2, 0.25) is 0 Å². The van der Waals surface area contributed by atoms with Gasteiger partial charge in [0.05, 0.1) is 10.8 Å². The van der Waals surface area contributed by atoms with E-state index >= 15 is 0 Å². The molecule has 1 unspecified atom stereocenters.